The zero-order chi connectivity index (χ0) is 14.4. The van der Waals surface area contributed by atoms with Crippen LogP contribution in [-0.2, 0) is 6.54 Å². The molecule has 2 aromatic heterocycles. The van der Waals surface area contributed by atoms with Gasteiger partial charge in [-0.3, -0.25) is 4.79 Å². The lowest BCUT2D eigenvalue weighted by Crippen LogP contribution is -2.11. The van der Waals surface area contributed by atoms with Crippen LogP contribution in [0.3, 0.4) is 0 Å². The molecule has 2 aromatic rings. The minimum absolute atomic E-state index is 0.0830. The van der Waals surface area contributed by atoms with Crippen LogP contribution in [0.4, 0.5) is 11.9 Å². The number of rotatable bonds is 7. The summed E-state index contributed by atoms with van der Waals surface area (Å²) in [5, 5.41) is 7.85. The van der Waals surface area contributed by atoms with Crippen LogP contribution in [0, 0.1) is 0 Å². The molecule has 0 bridgehead atoms. The van der Waals surface area contributed by atoms with Crippen LogP contribution in [0.1, 0.15) is 19.0 Å². The minimum atomic E-state index is -0.0830. The molecule has 0 unspecified atom stereocenters. The number of aromatic nitrogens is 4. The minimum Gasteiger partial charge on any atom is -0.467 e. The highest BCUT2D eigenvalue weighted by atomic mass is 32.1. The molecule has 0 aliphatic rings. The Balaban J connectivity index is 2.07. The third-order valence-corrected chi connectivity index (χ3v) is 3.06. The van der Waals surface area contributed by atoms with E-state index in [4.69, 9.17) is 4.74 Å². The van der Waals surface area contributed by atoms with Gasteiger partial charge in [0, 0.05) is 17.6 Å². The highest BCUT2D eigenvalue weighted by Crippen LogP contribution is 2.11. The first-order chi connectivity index (χ1) is 9.71. The predicted molar refractivity (Wildman–Crippen MR) is 77.4 cm³/mol. The van der Waals surface area contributed by atoms with Crippen molar-refractivity contribution in [2.75, 3.05) is 24.3 Å². The van der Waals surface area contributed by atoms with Gasteiger partial charge in [-0.25, -0.2) is 0 Å². The molecule has 108 valence electrons. The van der Waals surface area contributed by atoms with E-state index in [0.29, 0.717) is 18.4 Å². The maximum atomic E-state index is 11.0. The summed E-state index contributed by atoms with van der Waals surface area (Å²) < 4.78 is 5.03. The van der Waals surface area contributed by atoms with Crippen molar-refractivity contribution in [2.45, 2.75) is 19.9 Å². The molecule has 2 heterocycles. The van der Waals surface area contributed by atoms with Gasteiger partial charge in [-0.2, -0.15) is 15.0 Å². The van der Waals surface area contributed by atoms with Gasteiger partial charge in [0.1, 0.15) is 0 Å². The van der Waals surface area contributed by atoms with E-state index in [1.165, 1.54) is 7.11 Å². The number of thiazole rings is 1. The topological polar surface area (TPSA) is 105 Å². The predicted octanol–water partition coefficient (Wildman–Crippen LogP) is 1.06. The Labute approximate surface area is 119 Å². The number of methoxy groups -OCH3 is 1. The maximum absolute atomic E-state index is 11.0. The summed E-state index contributed by atoms with van der Waals surface area (Å²) in [5.41, 5.74) is 0.780. The normalized spacial score (nSPS) is 10.3. The van der Waals surface area contributed by atoms with E-state index in [-0.39, 0.29) is 10.9 Å². The molecule has 0 saturated heterocycles. The fourth-order valence-electron chi connectivity index (χ4n) is 1.42. The van der Waals surface area contributed by atoms with E-state index >= 15 is 0 Å². The molecule has 20 heavy (non-hydrogen) atoms. The molecule has 9 heteroatoms. The molecule has 8 nitrogen and oxygen atoms in total. The van der Waals surface area contributed by atoms with Crippen LogP contribution in [-0.4, -0.2) is 33.6 Å². The monoisotopic (exact) mass is 296 g/mol. The number of hydrogen-bond acceptors (Lipinski definition) is 8. The molecule has 0 radical (unpaired) electrons. The van der Waals surface area contributed by atoms with Crippen molar-refractivity contribution in [3.63, 3.8) is 0 Å². The van der Waals surface area contributed by atoms with E-state index < -0.39 is 0 Å². The maximum Gasteiger partial charge on any atom is 0.322 e. The number of ether oxygens (including phenoxy) is 1. The lowest BCUT2D eigenvalue weighted by molar-refractivity contribution is 0.379. The molecule has 2 rings (SSSR count). The average molecular weight is 296 g/mol. The van der Waals surface area contributed by atoms with Gasteiger partial charge in [0.05, 0.1) is 13.7 Å². The molecule has 0 aliphatic heterocycles. The Bertz CT molecular complexity index is 611. The summed E-state index contributed by atoms with van der Waals surface area (Å²) in [6.45, 7) is 3.25. The number of anilines is 2. The van der Waals surface area contributed by atoms with Crippen molar-refractivity contribution in [3.05, 3.63) is 20.7 Å². The van der Waals surface area contributed by atoms with Gasteiger partial charge in [-0.1, -0.05) is 18.3 Å². The van der Waals surface area contributed by atoms with Crippen molar-refractivity contribution in [1.29, 1.82) is 0 Å². The Kier molecular flexibility index (Phi) is 4.88. The van der Waals surface area contributed by atoms with Gasteiger partial charge in [0.15, 0.2) is 0 Å². The highest BCUT2D eigenvalue weighted by molar-refractivity contribution is 7.07. The number of hydrogen-bond donors (Lipinski definition) is 3. The molecule has 3 N–H and O–H groups in total. The van der Waals surface area contributed by atoms with Crippen molar-refractivity contribution in [1.82, 2.24) is 19.9 Å². The molecule has 0 amide bonds. The van der Waals surface area contributed by atoms with E-state index in [2.05, 4.69) is 37.5 Å². The Morgan fingerprint density at radius 1 is 1.30 bits per heavy atom. The fraction of sp³-hybridized carbons (Fsp3) is 0.455. The molecular formula is C11H16N6O2S. The molecule has 0 spiro atoms. The first-order valence-electron chi connectivity index (χ1n) is 6.15. The molecule has 0 aliphatic carbocycles. The average Bonchev–Trinajstić information content (AvgIpc) is 2.88. The van der Waals surface area contributed by atoms with E-state index in [0.717, 1.165) is 30.0 Å². The van der Waals surface area contributed by atoms with Gasteiger partial charge in [-0.05, 0) is 6.42 Å². The van der Waals surface area contributed by atoms with Gasteiger partial charge in [0.25, 0.3) is 0 Å². The van der Waals surface area contributed by atoms with Crippen molar-refractivity contribution < 1.29 is 4.74 Å². The summed E-state index contributed by atoms with van der Waals surface area (Å²) in [6.07, 6.45) is 0.965. The van der Waals surface area contributed by atoms with Gasteiger partial charge in [-0.15, -0.1) is 0 Å². The molecule has 0 saturated carbocycles. The van der Waals surface area contributed by atoms with Crippen LogP contribution in [0.5, 0.6) is 6.01 Å². The van der Waals surface area contributed by atoms with Crippen LogP contribution in [0.15, 0.2) is 10.2 Å². The van der Waals surface area contributed by atoms with Crippen LogP contribution in [0.25, 0.3) is 0 Å². The molecule has 0 aromatic carbocycles. The van der Waals surface area contributed by atoms with Crippen molar-refractivity contribution >= 4 is 23.2 Å². The fourth-order valence-corrected chi connectivity index (χ4v) is 2.00. The smallest absolute Gasteiger partial charge is 0.322 e. The summed E-state index contributed by atoms with van der Waals surface area (Å²) >= 11 is 1.12. The molecule has 0 fully saturated rings. The van der Waals surface area contributed by atoms with Gasteiger partial charge < -0.3 is 20.4 Å². The summed E-state index contributed by atoms with van der Waals surface area (Å²) in [4.78, 5) is 26.1. The standard InChI is InChI=1S/C11H16N6O2S/c1-3-4-12-8-15-9(17-10(16-8)19-2)13-5-7-6-20-11(18)14-7/h6H,3-5H2,1-2H3,(H,14,18)(H2,12,13,15,16,17). The van der Waals surface area contributed by atoms with Crippen LogP contribution >= 0.6 is 11.3 Å². The highest BCUT2D eigenvalue weighted by Gasteiger charge is 2.06. The third-order valence-electron chi connectivity index (χ3n) is 2.34. The number of aromatic amines is 1. The second-order valence-corrected chi connectivity index (χ2v) is 4.77. The van der Waals surface area contributed by atoms with E-state index in [9.17, 15) is 4.79 Å². The lowest BCUT2D eigenvalue weighted by Gasteiger charge is -2.08. The Morgan fingerprint density at radius 3 is 2.65 bits per heavy atom. The Hall–Kier alpha value is -2.16. The molecular weight excluding hydrogens is 280 g/mol. The van der Waals surface area contributed by atoms with Gasteiger partial charge >= 0.3 is 10.9 Å². The lowest BCUT2D eigenvalue weighted by atomic mass is 10.5. The second-order valence-electron chi connectivity index (χ2n) is 3.92. The quantitative estimate of drug-likeness (QED) is 0.701. The zero-order valence-corrected chi connectivity index (χ0v) is 12.1. The largest absolute Gasteiger partial charge is 0.467 e. The summed E-state index contributed by atoms with van der Waals surface area (Å²) in [7, 11) is 1.50. The zero-order valence-electron chi connectivity index (χ0n) is 11.3. The van der Waals surface area contributed by atoms with E-state index in [1.807, 2.05) is 0 Å². The van der Waals surface area contributed by atoms with Crippen LogP contribution < -0.4 is 20.2 Å². The SMILES string of the molecule is CCCNc1nc(NCc2csc(=O)[nH]2)nc(OC)n1. The first kappa shape index (κ1) is 14.3. The second kappa shape index (κ2) is 6.85. The van der Waals surface area contributed by atoms with Crippen molar-refractivity contribution in [3.8, 4) is 6.01 Å². The number of nitrogens with one attached hydrogen (secondary N) is 3. The Morgan fingerprint density at radius 2 is 2.05 bits per heavy atom. The molecule has 0 atom stereocenters. The van der Waals surface area contributed by atoms with Gasteiger partial charge in [0.2, 0.25) is 11.9 Å². The van der Waals surface area contributed by atoms with Crippen LogP contribution in [0.2, 0.25) is 0 Å². The van der Waals surface area contributed by atoms with Crippen molar-refractivity contribution in [2.24, 2.45) is 0 Å². The summed E-state index contributed by atoms with van der Waals surface area (Å²) in [6, 6.07) is 0.236. The first-order valence-corrected chi connectivity index (χ1v) is 7.03. The number of H-pyrrole nitrogens is 1. The third kappa shape index (κ3) is 3.92. The van der Waals surface area contributed by atoms with E-state index in [1.54, 1.807) is 5.38 Å². The number of nitrogens with zero attached hydrogens (tertiary/aromatic N) is 3. The summed E-state index contributed by atoms with van der Waals surface area (Å²) in [5.74, 6) is 0.850.